The third-order valence-electron chi connectivity index (χ3n) is 5.13. The van der Waals surface area contributed by atoms with Gasteiger partial charge in [-0.3, -0.25) is 4.79 Å². The number of rotatable bonds is 6. The maximum Gasteiger partial charge on any atom is 0.305 e. The average molecular weight is 320 g/mol. The smallest absolute Gasteiger partial charge is 0.305 e. The molecule has 2 nitrogen and oxygen atoms in total. The van der Waals surface area contributed by atoms with Crippen molar-refractivity contribution in [3.8, 4) is 0 Å². The monoisotopic (exact) mass is 320 g/mol. The Morgan fingerprint density at radius 1 is 1.04 bits per heavy atom. The molecule has 2 aliphatic carbocycles. The fourth-order valence-corrected chi connectivity index (χ4v) is 3.86. The first-order valence-corrected chi connectivity index (χ1v) is 8.59. The molecule has 124 valence electrons. The quantitative estimate of drug-likeness (QED) is 0.555. The van der Waals surface area contributed by atoms with Gasteiger partial charge in [0.2, 0.25) is 0 Å². The van der Waals surface area contributed by atoms with Crippen molar-refractivity contribution in [2.45, 2.75) is 12.8 Å². The van der Waals surface area contributed by atoms with Gasteiger partial charge < -0.3 is 4.74 Å². The van der Waals surface area contributed by atoms with E-state index in [0.29, 0.717) is 30.1 Å². The van der Waals surface area contributed by atoms with E-state index in [4.69, 9.17) is 4.74 Å². The molecule has 3 rings (SSSR count). The van der Waals surface area contributed by atoms with Crippen LogP contribution in [-0.2, 0) is 9.53 Å². The van der Waals surface area contributed by atoms with Gasteiger partial charge in [0.25, 0.3) is 0 Å². The number of carbonyl (C=O) groups is 1. The first-order valence-electron chi connectivity index (χ1n) is 8.59. The minimum absolute atomic E-state index is 0.0978. The summed E-state index contributed by atoms with van der Waals surface area (Å²) in [5, 5.41) is 0. The Bertz CT molecular complexity index is 666. The molecule has 0 aromatic heterocycles. The number of allylic oxidation sites excluding steroid dienone is 7. The van der Waals surface area contributed by atoms with E-state index in [2.05, 4.69) is 60.7 Å². The van der Waals surface area contributed by atoms with Crippen LogP contribution in [-0.4, -0.2) is 13.1 Å². The van der Waals surface area contributed by atoms with E-state index in [1.165, 1.54) is 12.7 Å². The van der Waals surface area contributed by atoms with Crippen molar-refractivity contribution < 1.29 is 9.53 Å². The molecule has 1 fully saturated rings. The van der Waals surface area contributed by atoms with E-state index >= 15 is 0 Å². The molecule has 0 N–H and O–H groups in total. The highest BCUT2D eigenvalue weighted by atomic mass is 16.5. The summed E-state index contributed by atoms with van der Waals surface area (Å²) in [4.78, 5) is 11.7. The maximum atomic E-state index is 11.7. The van der Waals surface area contributed by atoms with Crippen LogP contribution in [0.2, 0.25) is 0 Å². The Labute approximate surface area is 144 Å². The summed E-state index contributed by atoms with van der Waals surface area (Å²) in [6.45, 7) is 0. The molecule has 0 aliphatic heterocycles. The van der Waals surface area contributed by atoms with Crippen molar-refractivity contribution in [1.82, 2.24) is 0 Å². The minimum atomic E-state index is -0.0978. The molecule has 0 amide bonds. The minimum Gasteiger partial charge on any atom is -0.469 e. The molecule has 24 heavy (non-hydrogen) atoms. The fraction of sp³-hybridized carbons (Fsp3) is 0.318. The Kier molecular flexibility index (Phi) is 5.47. The molecular formula is C22H24O2. The Balaban J connectivity index is 1.57. The number of methoxy groups -OCH3 is 1. The fourth-order valence-electron chi connectivity index (χ4n) is 3.86. The molecule has 4 atom stereocenters. The zero-order valence-corrected chi connectivity index (χ0v) is 14.0. The second-order valence-electron chi connectivity index (χ2n) is 6.47. The SMILES string of the molecule is COC(=O)C[C@H]1[C@@H]2C=CC=C[C@@H]2[C@@H]1C/C=C/C=C/c1ccccc1. The number of fused-ring (bicyclic) bond motifs is 1. The summed E-state index contributed by atoms with van der Waals surface area (Å²) >= 11 is 0. The topological polar surface area (TPSA) is 26.3 Å². The van der Waals surface area contributed by atoms with Gasteiger partial charge in [0.15, 0.2) is 0 Å². The van der Waals surface area contributed by atoms with E-state index in [1.807, 2.05) is 18.2 Å². The lowest BCUT2D eigenvalue weighted by atomic mass is 9.53. The summed E-state index contributed by atoms with van der Waals surface area (Å²) < 4.78 is 4.87. The number of carbonyl (C=O) groups excluding carboxylic acids is 1. The normalized spacial score (nSPS) is 28.0. The van der Waals surface area contributed by atoms with Gasteiger partial charge in [-0.2, -0.15) is 0 Å². The van der Waals surface area contributed by atoms with E-state index in [-0.39, 0.29) is 5.97 Å². The number of ether oxygens (including phenoxy) is 1. The molecule has 1 aromatic carbocycles. The Morgan fingerprint density at radius 2 is 1.75 bits per heavy atom. The summed E-state index contributed by atoms with van der Waals surface area (Å²) in [5.74, 6) is 1.88. The zero-order valence-electron chi connectivity index (χ0n) is 14.0. The number of benzene rings is 1. The average Bonchev–Trinajstić information content (AvgIpc) is 2.63. The van der Waals surface area contributed by atoms with Gasteiger partial charge in [0.05, 0.1) is 7.11 Å². The Hall–Kier alpha value is -2.35. The molecule has 0 radical (unpaired) electrons. The van der Waals surface area contributed by atoms with Crippen LogP contribution in [0.3, 0.4) is 0 Å². The maximum absolute atomic E-state index is 11.7. The first-order chi connectivity index (χ1) is 11.8. The highest BCUT2D eigenvalue weighted by Gasteiger charge is 2.48. The largest absolute Gasteiger partial charge is 0.469 e. The summed E-state index contributed by atoms with van der Waals surface area (Å²) in [6.07, 6.45) is 18.8. The lowest BCUT2D eigenvalue weighted by Gasteiger charge is -2.50. The molecule has 1 aromatic rings. The number of esters is 1. The lowest BCUT2D eigenvalue weighted by molar-refractivity contribution is -0.145. The van der Waals surface area contributed by atoms with Crippen molar-refractivity contribution in [3.05, 3.63) is 78.4 Å². The predicted octanol–water partition coefficient (Wildman–Crippen LogP) is 4.81. The van der Waals surface area contributed by atoms with Gasteiger partial charge >= 0.3 is 5.97 Å². The Morgan fingerprint density at radius 3 is 2.46 bits per heavy atom. The molecule has 0 unspecified atom stereocenters. The number of hydrogen-bond donors (Lipinski definition) is 0. The van der Waals surface area contributed by atoms with Crippen molar-refractivity contribution >= 4 is 12.0 Å². The molecular weight excluding hydrogens is 296 g/mol. The lowest BCUT2D eigenvalue weighted by Crippen LogP contribution is -2.46. The van der Waals surface area contributed by atoms with Crippen LogP contribution in [0.15, 0.2) is 72.9 Å². The zero-order chi connectivity index (χ0) is 16.8. The second-order valence-corrected chi connectivity index (χ2v) is 6.47. The van der Waals surface area contributed by atoms with Gasteiger partial charge in [-0.05, 0) is 35.7 Å². The third kappa shape index (κ3) is 3.76. The van der Waals surface area contributed by atoms with E-state index in [1.54, 1.807) is 0 Å². The van der Waals surface area contributed by atoms with Crippen LogP contribution in [0, 0.1) is 23.7 Å². The molecule has 0 saturated heterocycles. The molecule has 0 bridgehead atoms. The molecule has 0 heterocycles. The molecule has 1 saturated carbocycles. The van der Waals surface area contributed by atoms with Crippen LogP contribution in [0.5, 0.6) is 0 Å². The second kappa shape index (κ2) is 7.96. The molecule has 2 aliphatic rings. The first kappa shape index (κ1) is 16.5. The van der Waals surface area contributed by atoms with Crippen LogP contribution < -0.4 is 0 Å². The van der Waals surface area contributed by atoms with Crippen molar-refractivity contribution in [1.29, 1.82) is 0 Å². The van der Waals surface area contributed by atoms with Gasteiger partial charge in [0.1, 0.15) is 0 Å². The summed E-state index contributed by atoms with van der Waals surface area (Å²) in [7, 11) is 1.47. The van der Waals surface area contributed by atoms with E-state index in [9.17, 15) is 4.79 Å². The predicted molar refractivity (Wildman–Crippen MR) is 98.1 cm³/mol. The number of hydrogen-bond acceptors (Lipinski definition) is 2. The van der Waals surface area contributed by atoms with Crippen molar-refractivity contribution in [2.24, 2.45) is 23.7 Å². The van der Waals surface area contributed by atoms with Gasteiger partial charge in [-0.25, -0.2) is 0 Å². The van der Waals surface area contributed by atoms with Gasteiger partial charge in [-0.1, -0.05) is 78.9 Å². The van der Waals surface area contributed by atoms with Gasteiger partial charge in [-0.15, -0.1) is 0 Å². The van der Waals surface area contributed by atoms with Crippen molar-refractivity contribution in [2.75, 3.05) is 7.11 Å². The summed E-state index contributed by atoms with van der Waals surface area (Å²) in [5.41, 5.74) is 1.20. The van der Waals surface area contributed by atoms with E-state index < -0.39 is 0 Å². The molecule has 0 spiro atoms. The van der Waals surface area contributed by atoms with E-state index in [0.717, 1.165) is 6.42 Å². The summed E-state index contributed by atoms with van der Waals surface area (Å²) in [6, 6.07) is 10.3. The highest BCUT2D eigenvalue weighted by Crippen LogP contribution is 2.52. The third-order valence-corrected chi connectivity index (χ3v) is 5.13. The van der Waals surface area contributed by atoms with Gasteiger partial charge in [0, 0.05) is 6.42 Å². The van der Waals surface area contributed by atoms with Crippen LogP contribution in [0.1, 0.15) is 18.4 Å². The van der Waals surface area contributed by atoms with Crippen LogP contribution >= 0.6 is 0 Å². The van der Waals surface area contributed by atoms with Crippen LogP contribution in [0.4, 0.5) is 0 Å². The molecule has 2 heteroatoms. The van der Waals surface area contributed by atoms with Crippen LogP contribution in [0.25, 0.3) is 6.08 Å². The van der Waals surface area contributed by atoms with Crippen molar-refractivity contribution in [3.63, 3.8) is 0 Å². The standard InChI is InChI=1S/C22H24O2/c1-24-22(23)16-21-19(18-14-8-9-15-20(18)21)13-7-3-6-12-17-10-4-2-5-11-17/h2-12,14-15,18-21H,13,16H2,1H3/b7-3+,12-6+/t18-,19+,20-,21-/m1/s1. The highest BCUT2D eigenvalue weighted by molar-refractivity contribution is 5.70.